The van der Waals surface area contributed by atoms with Gasteiger partial charge in [0.05, 0.1) is 0 Å². The Morgan fingerprint density at radius 2 is 1.43 bits per heavy atom. The second-order valence-corrected chi connectivity index (χ2v) is 1.10. The Labute approximate surface area is 45.2 Å². The second kappa shape index (κ2) is 9.46. The van der Waals surface area contributed by atoms with Crippen molar-refractivity contribution in [3.8, 4) is 0 Å². The van der Waals surface area contributed by atoms with Gasteiger partial charge in [-0.25, -0.2) is 0 Å². The fourth-order valence-corrected chi connectivity index (χ4v) is 0. The summed E-state index contributed by atoms with van der Waals surface area (Å²) in [6.07, 6.45) is 0. The first-order valence-corrected chi connectivity index (χ1v) is 2.43. The average Bonchev–Trinajstić information content (AvgIpc) is 1.33. The maximum atomic E-state index is 8.52. The van der Waals surface area contributed by atoms with Gasteiger partial charge in [-0.3, -0.25) is 0 Å². The third-order valence-electron chi connectivity index (χ3n) is 0. The van der Waals surface area contributed by atoms with Crippen molar-refractivity contribution < 1.29 is 24.8 Å². The number of hydrogen-bond acceptors (Lipinski definition) is 4. The van der Waals surface area contributed by atoms with Crippen LogP contribution in [0.3, 0.4) is 0 Å². The normalized spacial score (nSPS) is 7.71. The van der Waals surface area contributed by atoms with Crippen molar-refractivity contribution in [3.05, 3.63) is 0 Å². The molecule has 0 saturated heterocycles. The summed E-state index contributed by atoms with van der Waals surface area (Å²) in [6, 6.07) is 0. The summed E-state index contributed by atoms with van der Waals surface area (Å²) >= 11 is 0. The molecule has 0 bridgehead atoms. The van der Waals surface area contributed by atoms with Crippen LogP contribution in [0, 0.1) is 10.8 Å². The summed E-state index contributed by atoms with van der Waals surface area (Å²) in [7, 11) is 1.15. The minimum Gasteiger partial charge on any atom is -0.323 e. The van der Waals surface area contributed by atoms with Crippen LogP contribution in [0.1, 0.15) is 0 Å². The van der Waals surface area contributed by atoms with Crippen LogP contribution >= 0.6 is 0 Å². The van der Waals surface area contributed by atoms with Crippen molar-refractivity contribution in [2.24, 2.45) is 0 Å². The maximum Gasteiger partial charge on any atom is 0.282 e. The third-order valence-corrected chi connectivity index (χ3v) is 0. The lowest BCUT2D eigenvalue weighted by Crippen LogP contribution is -2.30. The molecule has 5 heteroatoms. The molecule has 2 N–H and O–H groups in total. The molecule has 0 radical (unpaired) electrons. The molecule has 0 spiro atoms. The predicted molar refractivity (Wildman–Crippen MR) is 17.2 cm³/mol. The molecule has 0 aromatic heterocycles. The molecule has 0 aliphatic carbocycles. The molecule has 0 amide bonds. The highest BCUT2D eigenvalue weighted by Crippen LogP contribution is 1.38. The van der Waals surface area contributed by atoms with Crippen molar-refractivity contribution in [2.75, 3.05) is 14.1 Å². The van der Waals surface area contributed by atoms with Gasteiger partial charge in [0.1, 0.15) is 0 Å². The standard InChI is InChI=1S/C2H7N.ClHO3/c1-3-2;2-1(3)4/h3H,1-2H3;2H. The molecule has 0 aliphatic rings. The zero-order valence-corrected chi connectivity index (χ0v) is 4.90. The van der Waals surface area contributed by atoms with Crippen molar-refractivity contribution in [2.45, 2.75) is 0 Å². The Kier molecular flexibility index (Phi) is 13.8. The van der Waals surface area contributed by atoms with Gasteiger partial charge in [-0.05, 0) is 14.1 Å². The van der Waals surface area contributed by atoms with E-state index in [2.05, 4.69) is 5.32 Å². The van der Waals surface area contributed by atoms with E-state index < -0.39 is 10.8 Å². The van der Waals surface area contributed by atoms with Crippen LogP contribution in [0.25, 0.3) is 0 Å². The van der Waals surface area contributed by atoms with Gasteiger partial charge in [0.25, 0.3) is 10.8 Å². The lowest BCUT2D eigenvalue weighted by Gasteiger charge is -1.72. The van der Waals surface area contributed by atoms with Crippen LogP contribution in [0.15, 0.2) is 0 Å². The average molecular weight is 130 g/mol. The first kappa shape index (κ1) is 10.2. The summed E-state index contributed by atoms with van der Waals surface area (Å²) in [4.78, 5) is 0. The van der Waals surface area contributed by atoms with Crippen molar-refractivity contribution in [3.63, 3.8) is 0 Å². The lowest BCUT2D eigenvalue weighted by atomic mass is 11.3. The van der Waals surface area contributed by atoms with Gasteiger partial charge < -0.3 is 14.6 Å². The summed E-state index contributed by atoms with van der Waals surface area (Å²) in [5, 5.41) is 2.75. The van der Waals surface area contributed by atoms with Crippen molar-refractivity contribution in [1.82, 2.24) is 5.32 Å². The van der Waals surface area contributed by atoms with E-state index in [-0.39, 0.29) is 0 Å². The molecule has 0 aromatic carbocycles. The Morgan fingerprint density at radius 3 is 1.43 bits per heavy atom. The zero-order chi connectivity index (χ0) is 6.28. The van der Waals surface area contributed by atoms with E-state index in [0.29, 0.717) is 0 Å². The van der Waals surface area contributed by atoms with Crippen LogP contribution in [0.5, 0.6) is 0 Å². The van der Waals surface area contributed by atoms with Crippen LogP contribution in [0.4, 0.5) is 0 Å². The SMILES string of the molecule is CNC.[O-][Cl+2]([O-])O. The quantitative estimate of drug-likeness (QED) is 0.363. The summed E-state index contributed by atoms with van der Waals surface area (Å²) in [5.74, 6) is 0. The highest BCUT2D eigenvalue weighted by molar-refractivity contribution is 3.91. The highest BCUT2D eigenvalue weighted by Gasteiger charge is 1.79. The largest absolute Gasteiger partial charge is 0.323 e. The van der Waals surface area contributed by atoms with Crippen LogP contribution in [0.2, 0.25) is 0 Å². The number of nitrogens with one attached hydrogen (secondary N) is 1. The minimum atomic E-state index is -2.60. The minimum absolute atomic E-state index is 1.88. The van der Waals surface area contributed by atoms with E-state index in [4.69, 9.17) is 14.0 Å². The molecule has 0 aliphatic heterocycles. The Morgan fingerprint density at radius 1 is 1.43 bits per heavy atom. The summed E-state index contributed by atoms with van der Waals surface area (Å²) in [6.45, 7) is 0. The van der Waals surface area contributed by atoms with E-state index in [1.807, 2.05) is 14.1 Å². The highest BCUT2D eigenvalue weighted by atomic mass is 35.6. The van der Waals surface area contributed by atoms with Gasteiger partial charge in [-0.1, -0.05) is 0 Å². The number of rotatable bonds is 0. The van der Waals surface area contributed by atoms with Gasteiger partial charge >= 0.3 is 0 Å². The predicted octanol–water partition coefficient (Wildman–Crippen LogP) is -3.10. The van der Waals surface area contributed by atoms with Crippen molar-refractivity contribution in [1.29, 1.82) is 0 Å². The number of hydrogen-bond donors (Lipinski definition) is 2. The van der Waals surface area contributed by atoms with E-state index in [9.17, 15) is 0 Å². The molecular weight excluding hydrogens is 121 g/mol. The maximum absolute atomic E-state index is 8.52. The van der Waals surface area contributed by atoms with E-state index in [1.54, 1.807) is 0 Å². The van der Waals surface area contributed by atoms with Gasteiger partial charge in [0.2, 0.25) is 0 Å². The van der Waals surface area contributed by atoms with Crippen LogP contribution in [-0.4, -0.2) is 18.8 Å². The zero-order valence-electron chi connectivity index (χ0n) is 4.14. The summed E-state index contributed by atoms with van der Waals surface area (Å²) < 4.78 is 24.0. The summed E-state index contributed by atoms with van der Waals surface area (Å²) in [5.41, 5.74) is 0. The van der Waals surface area contributed by atoms with Gasteiger partial charge in [-0.15, -0.1) is 0 Å². The molecule has 0 unspecified atom stereocenters. The Bertz CT molecular complexity index is 24.1. The number of halogens is 1. The lowest BCUT2D eigenvalue weighted by molar-refractivity contribution is -1.63. The topological polar surface area (TPSA) is 78.4 Å². The van der Waals surface area contributed by atoms with Crippen LogP contribution < -0.4 is 14.6 Å². The van der Waals surface area contributed by atoms with Gasteiger partial charge in [0.15, 0.2) is 0 Å². The first-order valence-electron chi connectivity index (χ1n) is 1.48. The second-order valence-electron chi connectivity index (χ2n) is 0.701. The molecule has 0 atom stereocenters. The first-order chi connectivity index (χ1) is 3.15. The van der Waals surface area contributed by atoms with Crippen molar-refractivity contribution >= 4 is 0 Å². The monoisotopic (exact) mass is 129 g/mol. The smallest absolute Gasteiger partial charge is 0.282 e. The fraction of sp³-hybridized carbons (Fsp3) is 1.00. The van der Waals surface area contributed by atoms with E-state index >= 15 is 0 Å². The fourth-order valence-electron chi connectivity index (χ4n) is 0. The molecule has 0 aromatic rings. The van der Waals surface area contributed by atoms with Gasteiger partial charge in [0, 0.05) is 4.66 Å². The Hall–Kier alpha value is 0.130. The molecule has 0 fully saturated rings. The van der Waals surface area contributed by atoms with Crippen LogP contribution in [-0.2, 0) is 0 Å². The molecule has 0 rings (SSSR count). The van der Waals surface area contributed by atoms with E-state index in [1.165, 1.54) is 0 Å². The molecule has 4 nitrogen and oxygen atoms in total. The third kappa shape index (κ3) is 6190. The van der Waals surface area contributed by atoms with Gasteiger partial charge in [-0.2, -0.15) is 0 Å². The molecule has 0 saturated carbocycles. The molecule has 7 heavy (non-hydrogen) atoms. The molecular formula is C2H8ClNO3. The molecule has 46 valence electrons. The van der Waals surface area contributed by atoms with E-state index in [0.717, 1.165) is 0 Å². The Balaban J connectivity index is 0. The molecule has 0 heterocycles.